The zero-order valence-corrected chi connectivity index (χ0v) is 13.6. The molecule has 1 saturated heterocycles. The minimum Gasteiger partial charge on any atom is -0.378 e. The van der Waals surface area contributed by atoms with Gasteiger partial charge in [-0.2, -0.15) is 0 Å². The Morgan fingerprint density at radius 2 is 2.35 bits per heavy atom. The molecule has 1 aliphatic heterocycles. The highest BCUT2D eigenvalue weighted by molar-refractivity contribution is 7.09. The van der Waals surface area contributed by atoms with Crippen molar-refractivity contribution in [3.05, 3.63) is 22.4 Å². The van der Waals surface area contributed by atoms with E-state index in [1.54, 1.807) is 0 Å². The SMILES string of the molecule is CCCC1CC(CN)(N(CC)Cc2cccs2)CCO1. The second kappa shape index (κ2) is 7.55. The van der Waals surface area contributed by atoms with Crippen molar-refractivity contribution < 1.29 is 4.74 Å². The number of thiophene rings is 1. The lowest BCUT2D eigenvalue weighted by atomic mass is 9.83. The highest BCUT2D eigenvalue weighted by Crippen LogP contribution is 2.33. The van der Waals surface area contributed by atoms with Gasteiger partial charge in [0.2, 0.25) is 0 Å². The summed E-state index contributed by atoms with van der Waals surface area (Å²) in [4.78, 5) is 4.00. The lowest BCUT2D eigenvalue weighted by Crippen LogP contribution is -2.58. The van der Waals surface area contributed by atoms with E-state index in [0.717, 1.165) is 45.5 Å². The molecule has 3 nitrogen and oxygen atoms in total. The first-order valence-corrected chi connectivity index (χ1v) is 8.71. The van der Waals surface area contributed by atoms with Gasteiger partial charge in [0.15, 0.2) is 0 Å². The van der Waals surface area contributed by atoms with Crippen LogP contribution in [0.25, 0.3) is 0 Å². The van der Waals surface area contributed by atoms with Crippen LogP contribution in [-0.2, 0) is 11.3 Å². The summed E-state index contributed by atoms with van der Waals surface area (Å²) in [6.07, 6.45) is 4.86. The van der Waals surface area contributed by atoms with E-state index in [2.05, 4.69) is 36.3 Å². The van der Waals surface area contributed by atoms with Crippen LogP contribution >= 0.6 is 11.3 Å². The van der Waals surface area contributed by atoms with Gasteiger partial charge in [-0.05, 0) is 37.3 Å². The van der Waals surface area contributed by atoms with E-state index in [1.807, 2.05) is 11.3 Å². The molecule has 0 aromatic carbocycles. The van der Waals surface area contributed by atoms with Crippen LogP contribution < -0.4 is 5.73 Å². The standard InChI is InChI=1S/C16H28N2OS/c1-3-6-14-11-16(13-17,8-9-19-14)18(4-2)12-15-7-5-10-20-15/h5,7,10,14H,3-4,6,8-9,11-13,17H2,1-2H3. The van der Waals surface area contributed by atoms with Crippen molar-refractivity contribution in [3.63, 3.8) is 0 Å². The molecule has 4 heteroatoms. The fourth-order valence-corrected chi connectivity index (χ4v) is 4.03. The molecular weight excluding hydrogens is 268 g/mol. The lowest BCUT2D eigenvalue weighted by molar-refractivity contribution is -0.0750. The Bertz CT molecular complexity index is 380. The fraction of sp³-hybridized carbons (Fsp3) is 0.750. The van der Waals surface area contributed by atoms with Crippen molar-refractivity contribution in [2.24, 2.45) is 5.73 Å². The monoisotopic (exact) mass is 296 g/mol. The van der Waals surface area contributed by atoms with Gasteiger partial charge in [-0.3, -0.25) is 4.90 Å². The highest BCUT2D eigenvalue weighted by atomic mass is 32.1. The molecule has 0 radical (unpaired) electrons. The van der Waals surface area contributed by atoms with Crippen molar-refractivity contribution in [2.45, 2.75) is 57.7 Å². The number of nitrogens with two attached hydrogens (primary N) is 1. The normalized spacial score (nSPS) is 27.1. The molecule has 0 spiro atoms. The zero-order valence-electron chi connectivity index (χ0n) is 12.8. The molecule has 2 rings (SSSR count). The molecular formula is C16H28N2OS. The van der Waals surface area contributed by atoms with E-state index < -0.39 is 0 Å². The molecule has 0 saturated carbocycles. The summed E-state index contributed by atoms with van der Waals surface area (Å²) in [6.45, 7) is 8.12. The number of nitrogens with zero attached hydrogens (tertiary/aromatic N) is 1. The Hall–Kier alpha value is -0.420. The summed E-state index contributed by atoms with van der Waals surface area (Å²) in [6, 6.07) is 4.35. The van der Waals surface area contributed by atoms with E-state index in [0.29, 0.717) is 6.10 Å². The molecule has 0 bridgehead atoms. The minimum atomic E-state index is 0.122. The molecule has 1 fully saturated rings. The van der Waals surface area contributed by atoms with Crippen molar-refractivity contribution in [1.29, 1.82) is 0 Å². The Morgan fingerprint density at radius 1 is 1.50 bits per heavy atom. The number of likely N-dealkylation sites (N-methyl/N-ethyl adjacent to an activating group) is 1. The van der Waals surface area contributed by atoms with Gasteiger partial charge in [-0.25, -0.2) is 0 Å². The average Bonchev–Trinajstić information content (AvgIpc) is 2.98. The molecule has 1 aromatic heterocycles. The smallest absolute Gasteiger partial charge is 0.0593 e. The summed E-state index contributed by atoms with van der Waals surface area (Å²) < 4.78 is 5.93. The third-order valence-corrected chi connectivity index (χ3v) is 5.36. The van der Waals surface area contributed by atoms with Gasteiger partial charge >= 0.3 is 0 Å². The molecule has 20 heavy (non-hydrogen) atoms. The van der Waals surface area contributed by atoms with Gasteiger partial charge < -0.3 is 10.5 Å². The summed E-state index contributed by atoms with van der Waals surface area (Å²) in [5.41, 5.74) is 6.33. The predicted molar refractivity (Wildman–Crippen MR) is 86.1 cm³/mol. The molecule has 0 aliphatic carbocycles. The Balaban J connectivity index is 2.10. The fourth-order valence-electron chi connectivity index (χ4n) is 3.32. The number of rotatable bonds is 7. The van der Waals surface area contributed by atoms with Crippen LogP contribution in [0.15, 0.2) is 17.5 Å². The van der Waals surface area contributed by atoms with Crippen molar-refractivity contribution in [3.8, 4) is 0 Å². The predicted octanol–water partition coefficient (Wildman–Crippen LogP) is 3.25. The molecule has 2 N–H and O–H groups in total. The van der Waals surface area contributed by atoms with Gasteiger partial charge in [0.25, 0.3) is 0 Å². The number of hydrogen-bond donors (Lipinski definition) is 1. The molecule has 1 aromatic rings. The molecule has 114 valence electrons. The number of ether oxygens (including phenoxy) is 1. The van der Waals surface area contributed by atoms with Crippen LogP contribution in [0.5, 0.6) is 0 Å². The first kappa shape index (κ1) is 16.0. The first-order valence-electron chi connectivity index (χ1n) is 7.83. The van der Waals surface area contributed by atoms with Crippen LogP contribution in [0, 0.1) is 0 Å². The lowest BCUT2D eigenvalue weighted by Gasteiger charge is -2.47. The third kappa shape index (κ3) is 3.61. The van der Waals surface area contributed by atoms with Gasteiger partial charge in [-0.15, -0.1) is 11.3 Å². The Morgan fingerprint density at radius 3 is 2.95 bits per heavy atom. The topological polar surface area (TPSA) is 38.5 Å². The zero-order chi connectivity index (χ0) is 14.4. The maximum atomic E-state index is 6.21. The van der Waals surface area contributed by atoms with Gasteiger partial charge in [0.1, 0.15) is 0 Å². The van der Waals surface area contributed by atoms with Crippen LogP contribution in [0.4, 0.5) is 0 Å². The first-order chi connectivity index (χ1) is 9.74. The van der Waals surface area contributed by atoms with Gasteiger partial charge in [0.05, 0.1) is 6.10 Å². The Labute approximate surface area is 127 Å². The molecule has 1 aliphatic rings. The summed E-state index contributed by atoms with van der Waals surface area (Å²) in [7, 11) is 0. The summed E-state index contributed by atoms with van der Waals surface area (Å²) in [5.74, 6) is 0. The molecule has 0 amide bonds. The second-order valence-corrected chi connectivity index (χ2v) is 6.79. The Kier molecular flexibility index (Phi) is 6.02. The summed E-state index contributed by atoms with van der Waals surface area (Å²) >= 11 is 1.84. The molecule has 2 unspecified atom stereocenters. The quantitative estimate of drug-likeness (QED) is 0.839. The minimum absolute atomic E-state index is 0.122. The van der Waals surface area contributed by atoms with E-state index in [9.17, 15) is 0 Å². The van der Waals surface area contributed by atoms with Crippen LogP contribution in [0.2, 0.25) is 0 Å². The van der Waals surface area contributed by atoms with E-state index in [-0.39, 0.29) is 5.54 Å². The largest absolute Gasteiger partial charge is 0.378 e. The van der Waals surface area contributed by atoms with Crippen molar-refractivity contribution >= 4 is 11.3 Å². The summed E-state index contributed by atoms with van der Waals surface area (Å²) in [5, 5.41) is 2.15. The average molecular weight is 296 g/mol. The van der Waals surface area contributed by atoms with Crippen LogP contribution in [0.3, 0.4) is 0 Å². The van der Waals surface area contributed by atoms with E-state index >= 15 is 0 Å². The van der Waals surface area contributed by atoms with Crippen LogP contribution in [0.1, 0.15) is 44.4 Å². The molecule has 2 atom stereocenters. The van der Waals surface area contributed by atoms with Gasteiger partial charge in [0, 0.05) is 30.1 Å². The van der Waals surface area contributed by atoms with Crippen molar-refractivity contribution in [1.82, 2.24) is 4.90 Å². The van der Waals surface area contributed by atoms with Crippen molar-refractivity contribution in [2.75, 3.05) is 19.7 Å². The maximum Gasteiger partial charge on any atom is 0.0593 e. The maximum absolute atomic E-state index is 6.21. The van der Waals surface area contributed by atoms with E-state index in [1.165, 1.54) is 11.3 Å². The van der Waals surface area contributed by atoms with Gasteiger partial charge in [-0.1, -0.05) is 26.3 Å². The third-order valence-electron chi connectivity index (χ3n) is 4.50. The molecule has 2 heterocycles. The van der Waals surface area contributed by atoms with E-state index in [4.69, 9.17) is 10.5 Å². The highest BCUT2D eigenvalue weighted by Gasteiger charge is 2.40. The second-order valence-electron chi connectivity index (χ2n) is 5.76. The van der Waals surface area contributed by atoms with Crippen LogP contribution in [-0.4, -0.2) is 36.2 Å². The number of hydrogen-bond acceptors (Lipinski definition) is 4.